The number of hydrogen-bond donors (Lipinski definition) is 1. The summed E-state index contributed by atoms with van der Waals surface area (Å²) in [6, 6.07) is 0. The molecular weight excluding hydrogens is 282 g/mol. The van der Waals surface area contributed by atoms with Crippen LogP contribution in [0.5, 0.6) is 0 Å². The van der Waals surface area contributed by atoms with Gasteiger partial charge in [-0.2, -0.15) is 0 Å². The second-order valence-electron chi connectivity index (χ2n) is 6.97. The van der Waals surface area contributed by atoms with Gasteiger partial charge in [-0.3, -0.25) is 4.99 Å². The lowest BCUT2D eigenvalue weighted by Gasteiger charge is -2.08. The summed E-state index contributed by atoms with van der Waals surface area (Å²) in [7, 11) is 4.31. The summed E-state index contributed by atoms with van der Waals surface area (Å²) in [6.07, 6.45) is 17.9. The number of unbranched alkanes of at least 4 members (excludes halogenated alkanes) is 9. The highest BCUT2D eigenvalue weighted by molar-refractivity contribution is 5.56. The van der Waals surface area contributed by atoms with Crippen LogP contribution < -0.4 is 5.32 Å². The van der Waals surface area contributed by atoms with Gasteiger partial charge in [-0.15, -0.1) is 0 Å². The molecule has 0 atom stereocenters. The Hall–Kier alpha value is -0.410. The maximum Gasteiger partial charge on any atom is 0.0385 e. The molecule has 0 aromatic heterocycles. The number of rotatable bonds is 18. The summed E-state index contributed by atoms with van der Waals surface area (Å²) in [5.74, 6) is 0. The third kappa shape index (κ3) is 21.6. The molecule has 0 heterocycles. The molecule has 0 saturated heterocycles. The van der Waals surface area contributed by atoms with Crippen LogP contribution in [0, 0.1) is 0 Å². The molecule has 0 aromatic rings. The zero-order chi connectivity index (χ0) is 17.0. The van der Waals surface area contributed by atoms with E-state index in [1.165, 1.54) is 96.7 Å². The zero-order valence-corrected chi connectivity index (χ0v) is 16.3. The van der Waals surface area contributed by atoms with Crippen molar-refractivity contribution in [3.8, 4) is 0 Å². The zero-order valence-electron chi connectivity index (χ0n) is 16.3. The molecule has 0 aromatic carbocycles. The lowest BCUT2D eigenvalue weighted by atomic mass is 10.1. The molecule has 3 nitrogen and oxygen atoms in total. The van der Waals surface area contributed by atoms with Gasteiger partial charge in [0.05, 0.1) is 0 Å². The minimum atomic E-state index is 1.03. The van der Waals surface area contributed by atoms with Crippen LogP contribution in [0.1, 0.15) is 84.0 Å². The second kappa shape index (κ2) is 19.6. The first-order valence-electron chi connectivity index (χ1n) is 10.1. The highest BCUT2D eigenvalue weighted by atomic mass is 15.0. The fraction of sp³-hybridized carbons (Fsp3) is 0.950. The van der Waals surface area contributed by atoms with Crippen molar-refractivity contribution in [3.63, 3.8) is 0 Å². The van der Waals surface area contributed by atoms with Gasteiger partial charge in [0.1, 0.15) is 0 Å². The molecule has 0 unspecified atom stereocenters. The Balaban J connectivity index is 3.02. The minimum absolute atomic E-state index is 1.03. The SMILES string of the molecule is CCCCCC=NCCCCCCNCCCCCCN(C)C. The average molecular weight is 326 g/mol. The summed E-state index contributed by atoms with van der Waals surface area (Å²) in [6.45, 7) is 6.91. The van der Waals surface area contributed by atoms with E-state index < -0.39 is 0 Å². The largest absolute Gasteiger partial charge is 0.317 e. The van der Waals surface area contributed by atoms with Gasteiger partial charge in [0.25, 0.3) is 0 Å². The van der Waals surface area contributed by atoms with Crippen LogP contribution in [0.4, 0.5) is 0 Å². The Morgan fingerprint density at radius 2 is 1.43 bits per heavy atom. The van der Waals surface area contributed by atoms with E-state index in [4.69, 9.17) is 0 Å². The quantitative estimate of drug-likeness (QED) is 0.286. The van der Waals surface area contributed by atoms with Crippen molar-refractivity contribution >= 4 is 6.21 Å². The molecule has 0 aliphatic carbocycles. The highest BCUT2D eigenvalue weighted by Crippen LogP contribution is 2.01. The van der Waals surface area contributed by atoms with Crippen molar-refractivity contribution in [3.05, 3.63) is 0 Å². The van der Waals surface area contributed by atoms with Gasteiger partial charge in [0.2, 0.25) is 0 Å². The van der Waals surface area contributed by atoms with Crippen LogP contribution in [-0.4, -0.2) is 51.4 Å². The van der Waals surface area contributed by atoms with Crippen molar-refractivity contribution < 1.29 is 0 Å². The lowest BCUT2D eigenvalue weighted by Crippen LogP contribution is -2.17. The van der Waals surface area contributed by atoms with Crippen LogP contribution in [0.3, 0.4) is 0 Å². The molecule has 0 spiro atoms. The molecule has 0 amide bonds. The van der Waals surface area contributed by atoms with Crippen LogP contribution >= 0.6 is 0 Å². The molecule has 3 heteroatoms. The monoisotopic (exact) mass is 325 g/mol. The van der Waals surface area contributed by atoms with Crippen LogP contribution in [0.25, 0.3) is 0 Å². The molecule has 0 radical (unpaired) electrons. The summed E-state index contributed by atoms with van der Waals surface area (Å²) in [4.78, 5) is 6.77. The van der Waals surface area contributed by atoms with E-state index in [0.29, 0.717) is 0 Å². The van der Waals surface area contributed by atoms with Gasteiger partial charge in [0.15, 0.2) is 0 Å². The second-order valence-corrected chi connectivity index (χ2v) is 6.97. The molecule has 0 bridgehead atoms. The van der Waals surface area contributed by atoms with Gasteiger partial charge < -0.3 is 10.2 Å². The summed E-state index contributed by atoms with van der Waals surface area (Å²) >= 11 is 0. The van der Waals surface area contributed by atoms with Crippen molar-refractivity contribution in [2.75, 3.05) is 40.3 Å². The van der Waals surface area contributed by atoms with Crippen molar-refractivity contribution in [2.45, 2.75) is 84.0 Å². The van der Waals surface area contributed by atoms with E-state index >= 15 is 0 Å². The van der Waals surface area contributed by atoms with Crippen LogP contribution in [0.2, 0.25) is 0 Å². The third-order valence-corrected chi connectivity index (χ3v) is 4.17. The topological polar surface area (TPSA) is 27.6 Å². The Bertz CT molecular complexity index is 239. The van der Waals surface area contributed by atoms with E-state index in [2.05, 4.69) is 42.4 Å². The van der Waals surface area contributed by atoms with E-state index in [0.717, 1.165) is 6.54 Å². The number of nitrogens with one attached hydrogen (secondary N) is 1. The first-order valence-corrected chi connectivity index (χ1v) is 10.1. The Morgan fingerprint density at radius 3 is 2.09 bits per heavy atom. The van der Waals surface area contributed by atoms with E-state index in [1.807, 2.05) is 0 Å². The normalized spacial score (nSPS) is 11.8. The first-order chi connectivity index (χ1) is 11.3. The Morgan fingerprint density at radius 1 is 0.783 bits per heavy atom. The summed E-state index contributed by atoms with van der Waals surface area (Å²) < 4.78 is 0. The fourth-order valence-electron chi connectivity index (χ4n) is 2.63. The van der Waals surface area contributed by atoms with Crippen molar-refractivity contribution in [1.82, 2.24) is 10.2 Å². The average Bonchev–Trinajstić information content (AvgIpc) is 2.53. The maximum absolute atomic E-state index is 4.49. The minimum Gasteiger partial charge on any atom is -0.317 e. The molecule has 0 saturated carbocycles. The van der Waals surface area contributed by atoms with Crippen LogP contribution in [0.15, 0.2) is 4.99 Å². The molecule has 0 fully saturated rings. The van der Waals surface area contributed by atoms with Crippen molar-refractivity contribution in [2.24, 2.45) is 4.99 Å². The molecular formula is C20H43N3. The molecule has 1 N–H and O–H groups in total. The molecule has 0 aliphatic heterocycles. The third-order valence-electron chi connectivity index (χ3n) is 4.17. The van der Waals surface area contributed by atoms with Gasteiger partial charge >= 0.3 is 0 Å². The smallest absolute Gasteiger partial charge is 0.0385 e. The predicted octanol–water partition coefficient (Wildman–Crippen LogP) is 4.91. The summed E-state index contributed by atoms with van der Waals surface area (Å²) in [5, 5.41) is 3.58. The van der Waals surface area contributed by atoms with E-state index in [9.17, 15) is 0 Å². The summed E-state index contributed by atoms with van der Waals surface area (Å²) in [5.41, 5.74) is 0. The molecule has 138 valence electrons. The van der Waals surface area contributed by atoms with Gasteiger partial charge in [-0.25, -0.2) is 0 Å². The van der Waals surface area contributed by atoms with Gasteiger partial charge in [-0.1, -0.05) is 45.4 Å². The Kier molecular flexibility index (Phi) is 19.3. The van der Waals surface area contributed by atoms with E-state index in [-0.39, 0.29) is 0 Å². The van der Waals surface area contributed by atoms with Crippen LogP contribution in [-0.2, 0) is 0 Å². The van der Waals surface area contributed by atoms with E-state index in [1.54, 1.807) is 0 Å². The maximum atomic E-state index is 4.49. The predicted molar refractivity (Wildman–Crippen MR) is 106 cm³/mol. The standard InChI is InChI=1S/C20H43N3/c1-4-5-6-11-16-21-17-12-7-8-13-18-22-19-14-9-10-15-20-23(2)3/h16,22H,4-15,17-20H2,1-3H3. The highest BCUT2D eigenvalue weighted by Gasteiger charge is 1.93. The lowest BCUT2D eigenvalue weighted by molar-refractivity contribution is 0.389. The fourth-order valence-corrected chi connectivity index (χ4v) is 2.63. The number of hydrogen-bond acceptors (Lipinski definition) is 3. The first kappa shape index (κ1) is 22.6. The molecule has 23 heavy (non-hydrogen) atoms. The van der Waals surface area contributed by atoms with Gasteiger partial charge in [-0.05, 0) is 78.5 Å². The van der Waals surface area contributed by atoms with Gasteiger partial charge in [0, 0.05) is 6.54 Å². The molecule has 0 aliphatic rings. The Labute approximate surface area is 146 Å². The number of aliphatic imine (C=N–C) groups is 1. The van der Waals surface area contributed by atoms with Crippen molar-refractivity contribution in [1.29, 1.82) is 0 Å². The molecule has 0 rings (SSSR count). The number of nitrogens with zero attached hydrogens (tertiary/aromatic N) is 2.